The molecule has 4 rings (SSSR count). The minimum absolute atomic E-state index is 0.102. The van der Waals surface area contributed by atoms with Crippen molar-refractivity contribution in [3.63, 3.8) is 0 Å². The number of hydrogen-bond acceptors (Lipinski definition) is 4. The van der Waals surface area contributed by atoms with Gasteiger partial charge >= 0.3 is 0 Å². The quantitative estimate of drug-likeness (QED) is 0.725. The maximum atomic E-state index is 12.6. The van der Waals surface area contributed by atoms with Crippen molar-refractivity contribution in [2.75, 3.05) is 6.54 Å². The second-order valence-corrected chi connectivity index (χ2v) is 6.30. The zero-order valence-corrected chi connectivity index (χ0v) is 13.8. The zero-order chi connectivity index (χ0) is 17.1. The van der Waals surface area contributed by atoms with Gasteiger partial charge in [0.1, 0.15) is 5.82 Å². The molecular formula is C19H19N5O. The maximum Gasteiger partial charge on any atom is 0.230 e. The summed E-state index contributed by atoms with van der Waals surface area (Å²) in [6.07, 6.45) is 5.88. The van der Waals surface area contributed by atoms with Gasteiger partial charge in [0.2, 0.25) is 5.91 Å². The van der Waals surface area contributed by atoms with E-state index in [1.807, 2.05) is 42.5 Å². The molecule has 0 aliphatic heterocycles. The number of hydrogen-bond donors (Lipinski definition) is 2. The van der Waals surface area contributed by atoms with Gasteiger partial charge in [-0.15, -0.1) is 0 Å². The van der Waals surface area contributed by atoms with Gasteiger partial charge in [-0.05, 0) is 30.5 Å². The number of aromatic amines is 1. The molecule has 0 atom stereocenters. The fraction of sp³-hybridized carbons (Fsp3) is 0.263. The molecule has 2 aromatic heterocycles. The molecule has 0 radical (unpaired) electrons. The van der Waals surface area contributed by atoms with Crippen LogP contribution in [0.3, 0.4) is 0 Å². The number of carbonyl (C=O) groups is 1. The van der Waals surface area contributed by atoms with Gasteiger partial charge in [0.05, 0.1) is 5.41 Å². The predicted molar refractivity (Wildman–Crippen MR) is 93.7 cm³/mol. The summed E-state index contributed by atoms with van der Waals surface area (Å²) in [5, 5.41) is 10.2. The molecule has 25 heavy (non-hydrogen) atoms. The first-order valence-corrected chi connectivity index (χ1v) is 8.43. The van der Waals surface area contributed by atoms with Crippen LogP contribution in [0.15, 0.2) is 54.9 Å². The van der Waals surface area contributed by atoms with E-state index in [2.05, 4.69) is 25.5 Å². The second kappa shape index (κ2) is 6.47. The first-order valence-electron chi connectivity index (χ1n) is 8.43. The van der Waals surface area contributed by atoms with E-state index in [-0.39, 0.29) is 11.3 Å². The Balaban J connectivity index is 1.34. The summed E-state index contributed by atoms with van der Waals surface area (Å²) in [6, 6.07) is 13.8. The first kappa shape index (κ1) is 15.5. The Kier molecular flexibility index (Phi) is 4.01. The Bertz CT molecular complexity index is 856. The lowest BCUT2D eigenvalue weighted by Crippen LogP contribution is -2.36. The molecule has 2 N–H and O–H groups in total. The Labute approximate surface area is 145 Å². The van der Waals surface area contributed by atoms with E-state index in [1.165, 1.54) is 0 Å². The standard InChI is InChI=1S/C19H19N5O/c25-18(19(9-10-19)15-6-2-1-3-7-15)21-12-8-16-22-17(24-23-16)14-5-4-11-20-13-14/h1-7,11,13H,8-10,12H2,(H,21,25)(H,22,23,24). The fourth-order valence-electron chi connectivity index (χ4n) is 3.02. The normalized spacial score (nSPS) is 14.9. The number of nitrogens with zero attached hydrogens (tertiary/aromatic N) is 3. The number of pyridine rings is 1. The Hall–Kier alpha value is -3.02. The average Bonchev–Trinajstić information content (AvgIpc) is 3.36. The summed E-state index contributed by atoms with van der Waals surface area (Å²) >= 11 is 0. The van der Waals surface area contributed by atoms with Crippen LogP contribution in [0.25, 0.3) is 11.4 Å². The van der Waals surface area contributed by atoms with Gasteiger partial charge in [-0.25, -0.2) is 4.98 Å². The van der Waals surface area contributed by atoms with Crippen LogP contribution in [-0.4, -0.2) is 32.6 Å². The maximum absolute atomic E-state index is 12.6. The van der Waals surface area contributed by atoms with E-state index in [0.717, 1.165) is 29.8 Å². The van der Waals surface area contributed by atoms with E-state index in [1.54, 1.807) is 12.4 Å². The van der Waals surface area contributed by atoms with Crippen LogP contribution in [0.2, 0.25) is 0 Å². The number of benzene rings is 1. The highest BCUT2D eigenvalue weighted by atomic mass is 16.2. The summed E-state index contributed by atoms with van der Waals surface area (Å²) in [6.45, 7) is 0.537. The minimum atomic E-state index is -0.330. The number of H-pyrrole nitrogens is 1. The van der Waals surface area contributed by atoms with Crippen LogP contribution < -0.4 is 5.32 Å². The molecule has 0 saturated heterocycles. The fourth-order valence-corrected chi connectivity index (χ4v) is 3.02. The number of rotatable bonds is 6. The van der Waals surface area contributed by atoms with Gasteiger partial charge < -0.3 is 5.32 Å². The van der Waals surface area contributed by atoms with Crippen molar-refractivity contribution in [2.45, 2.75) is 24.7 Å². The topological polar surface area (TPSA) is 83.6 Å². The molecule has 126 valence electrons. The molecule has 0 bridgehead atoms. The van der Waals surface area contributed by atoms with Crippen molar-refractivity contribution < 1.29 is 4.79 Å². The van der Waals surface area contributed by atoms with Crippen molar-refractivity contribution in [2.24, 2.45) is 0 Å². The number of carbonyl (C=O) groups excluding carboxylic acids is 1. The highest BCUT2D eigenvalue weighted by molar-refractivity contribution is 5.91. The van der Waals surface area contributed by atoms with Gasteiger partial charge in [0.15, 0.2) is 5.82 Å². The van der Waals surface area contributed by atoms with Crippen LogP contribution in [-0.2, 0) is 16.6 Å². The Morgan fingerprint density at radius 1 is 1.16 bits per heavy atom. The van der Waals surface area contributed by atoms with E-state index < -0.39 is 0 Å². The number of nitrogens with one attached hydrogen (secondary N) is 2. The molecule has 1 amide bonds. The van der Waals surface area contributed by atoms with Gasteiger partial charge in [-0.1, -0.05) is 30.3 Å². The molecule has 0 unspecified atom stereocenters. The third-order valence-corrected chi connectivity index (χ3v) is 4.61. The monoisotopic (exact) mass is 333 g/mol. The Morgan fingerprint density at radius 2 is 2.00 bits per heavy atom. The SMILES string of the molecule is O=C(NCCc1nc(-c2cccnc2)n[nH]1)C1(c2ccccc2)CC1. The summed E-state index contributed by atoms with van der Waals surface area (Å²) in [4.78, 5) is 21.1. The largest absolute Gasteiger partial charge is 0.355 e. The van der Waals surface area contributed by atoms with Crippen LogP contribution in [0.5, 0.6) is 0 Å². The Morgan fingerprint density at radius 3 is 2.72 bits per heavy atom. The van der Waals surface area contributed by atoms with Crippen molar-refractivity contribution in [3.8, 4) is 11.4 Å². The van der Waals surface area contributed by atoms with Gasteiger partial charge in [-0.2, -0.15) is 5.10 Å². The smallest absolute Gasteiger partial charge is 0.230 e. The minimum Gasteiger partial charge on any atom is -0.355 e. The number of aromatic nitrogens is 4. The molecule has 6 nitrogen and oxygen atoms in total. The van der Waals surface area contributed by atoms with Crippen LogP contribution in [0.1, 0.15) is 24.2 Å². The molecule has 6 heteroatoms. The molecule has 2 heterocycles. The third kappa shape index (κ3) is 3.15. The predicted octanol–water partition coefficient (Wildman–Crippen LogP) is 2.26. The molecule has 1 fully saturated rings. The first-order chi connectivity index (χ1) is 12.3. The zero-order valence-electron chi connectivity index (χ0n) is 13.8. The van der Waals surface area contributed by atoms with E-state index in [9.17, 15) is 4.79 Å². The highest BCUT2D eigenvalue weighted by Crippen LogP contribution is 2.48. The lowest BCUT2D eigenvalue weighted by atomic mass is 9.95. The molecule has 1 aliphatic carbocycles. The van der Waals surface area contributed by atoms with E-state index >= 15 is 0 Å². The van der Waals surface area contributed by atoms with Crippen LogP contribution in [0, 0.1) is 0 Å². The summed E-state index contributed by atoms with van der Waals surface area (Å²) < 4.78 is 0. The number of amides is 1. The van der Waals surface area contributed by atoms with Gasteiger partial charge in [0, 0.05) is 30.9 Å². The second-order valence-electron chi connectivity index (χ2n) is 6.30. The van der Waals surface area contributed by atoms with Gasteiger partial charge in [-0.3, -0.25) is 14.9 Å². The molecule has 3 aromatic rings. The van der Waals surface area contributed by atoms with Crippen molar-refractivity contribution in [1.29, 1.82) is 0 Å². The average molecular weight is 333 g/mol. The summed E-state index contributed by atoms with van der Waals surface area (Å²) in [5.41, 5.74) is 1.64. The van der Waals surface area contributed by atoms with E-state index in [0.29, 0.717) is 18.8 Å². The lowest BCUT2D eigenvalue weighted by Gasteiger charge is -2.15. The van der Waals surface area contributed by atoms with E-state index in [4.69, 9.17) is 0 Å². The molecule has 1 aliphatic rings. The van der Waals surface area contributed by atoms with Crippen molar-refractivity contribution in [1.82, 2.24) is 25.5 Å². The third-order valence-electron chi connectivity index (χ3n) is 4.61. The van der Waals surface area contributed by atoms with Gasteiger partial charge in [0.25, 0.3) is 0 Å². The van der Waals surface area contributed by atoms with Crippen molar-refractivity contribution >= 4 is 5.91 Å². The molecular weight excluding hydrogens is 314 g/mol. The van der Waals surface area contributed by atoms with Crippen LogP contribution in [0.4, 0.5) is 0 Å². The summed E-state index contributed by atoms with van der Waals surface area (Å²) in [5.74, 6) is 1.48. The van der Waals surface area contributed by atoms with Crippen molar-refractivity contribution in [3.05, 3.63) is 66.2 Å². The highest BCUT2D eigenvalue weighted by Gasteiger charge is 2.50. The lowest BCUT2D eigenvalue weighted by molar-refractivity contribution is -0.123. The summed E-state index contributed by atoms with van der Waals surface area (Å²) in [7, 11) is 0. The molecule has 1 saturated carbocycles. The molecule has 0 spiro atoms. The van der Waals surface area contributed by atoms with Crippen LogP contribution >= 0.6 is 0 Å². The molecule has 1 aromatic carbocycles.